The summed E-state index contributed by atoms with van der Waals surface area (Å²) in [5.74, 6) is 1.83. The van der Waals surface area contributed by atoms with E-state index in [9.17, 15) is 4.79 Å². The predicted octanol–water partition coefficient (Wildman–Crippen LogP) is 3.39. The van der Waals surface area contributed by atoms with Gasteiger partial charge in [0.05, 0.1) is 25.8 Å². The van der Waals surface area contributed by atoms with Crippen LogP contribution in [0.25, 0.3) is 0 Å². The van der Waals surface area contributed by atoms with Crippen LogP contribution in [0.1, 0.15) is 50.0 Å². The number of rotatable bonds is 3. The van der Waals surface area contributed by atoms with E-state index in [4.69, 9.17) is 14.5 Å². The molecule has 3 aliphatic rings. The molecule has 3 atom stereocenters. The number of ether oxygens (including phenoxy) is 2. The van der Waals surface area contributed by atoms with E-state index in [1.807, 2.05) is 24.4 Å². The molecule has 1 aliphatic heterocycles. The molecule has 1 fully saturated rings. The number of allylic oxidation sites excluding steroid dienone is 2. The van der Waals surface area contributed by atoms with Gasteiger partial charge < -0.3 is 14.8 Å². The number of nitrogens with one attached hydrogen (secondary N) is 1. The van der Waals surface area contributed by atoms with Crippen LogP contribution in [-0.4, -0.2) is 38.3 Å². The first-order valence-electron chi connectivity index (χ1n) is 9.47. The lowest BCUT2D eigenvalue weighted by Gasteiger charge is -2.32. The molecule has 0 radical (unpaired) electrons. The fourth-order valence-corrected chi connectivity index (χ4v) is 4.44. The molecule has 1 aromatic rings. The Hall–Kier alpha value is -2.30. The third-order valence-corrected chi connectivity index (χ3v) is 5.87. The van der Waals surface area contributed by atoms with Gasteiger partial charge in [-0.25, -0.2) is 0 Å². The first-order chi connectivity index (χ1) is 12.7. The largest absolute Gasteiger partial charge is 0.497 e. The number of carbonyl (C=O) groups excluding carboxylic acids is 1. The van der Waals surface area contributed by atoms with Crippen molar-refractivity contribution in [1.82, 2.24) is 5.32 Å². The van der Waals surface area contributed by atoms with Gasteiger partial charge in [-0.2, -0.15) is 0 Å². The maximum atomic E-state index is 12.8. The van der Waals surface area contributed by atoms with Crippen LogP contribution in [0.4, 0.5) is 0 Å². The van der Waals surface area contributed by atoms with Crippen molar-refractivity contribution >= 4 is 12.0 Å². The van der Waals surface area contributed by atoms with E-state index in [0.717, 1.165) is 47.6 Å². The smallest absolute Gasteiger partial charge is 0.166 e. The number of ketones is 1. The summed E-state index contributed by atoms with van der Waals surface area (Å²) in [5, 5.41) is 3.68. The van der Waals surface area contributed by atoms with Gasteiger partial charge in [0.25, 0.3) is 0 Å². The number of benzene rings is 1. The molecule has 138 valence electrons. The summed E-state index contributed by atoms with van der Waals surface area (Å²) >= 11 is 0. The van der Waals surface area contributed by atoms with Gasteiger partial charge in [0.15, 0.2) is 5.78 Å². The number of aliphatic imine (C=N–C) groups is 1. The number of carbonyl (C=O) groups is 1. The quantitative estimate of drug-likeness (QED) is 0.904. The minimum absolute atomic E-state index is 0.114. The van der Waals surface area contributed by atoms with Gasteiger partial charge in [0, 0.05) is 36.4 Å². The van der Waals surface area contributed by atoms with Crippen LogP contribution in [0.3, 0.4) is 0 Å². The Labute approximate surface area is 154 Å². The highest BCUT2D eigenvalue weighted by Gasteiger charge is 2.34. The highest BCUT2D eigenvalue weighted by molar-refractivity contribution is 6.15. The number of hydrogen-bond acceptors (Lipinski definition) is 5. The van der Waals surface area contributed by atoms with Crippen LogP contribution < -0.4 is 14.8 Å². The second-order valence-electron chi connectivity index (χ2n) is 7.41. The molecular weight excluding hydrogens is 328 g/mol. The Kier molecular flexibility index (Phi) is 4.70. The van der Waals surface area contributed by atoms with Crippen molar-refractivity contribution in [2.45, 2.75) is 56.5 Å². The summed E-state index contributed by atoms with van der Waals surface area (Å²) in [6.07, 6.45) is 7.84. The van der Waals surface area contributed by atoms with E-state index in [0.29, 0.717) is 18.5 Å². The molecule has 2 aliphatic carbocycles. The molecule has 0 unspecified atom stereocenters. The zero-order valence-corrected chi connectivity index (χ0v) is 15.5. The zero-order chi connectivity index (χ0) is 18.1. The highest BCUT2D eigenvalue weighted by Crippen LogP contribution is 2.40. The maximum Gasteiger partial charge on any atom is 0.166 e. The summed E-state index contributed by atoms with van der Waals surface area (Å²) < 4.78 is 10.9. The van der Waals surface area contributed by atoms with E-state index in [-0.39, 0.29) is 11.7 Å². The molecular formula is C21H26N2O3. The molecule has 1 N–H and O–H groups in total. The molecule has 1 aromatic carbocycles. The van der Waals surface area contributed by atoms with E-state index < -0.39 is 0 Å². The predicted molar refractivity (Wildman–Crippen MR) is 101 cm³/mol. The number of fused-ring (bicyclic) bond motifs is 1. The Morgan fingerprint density at radius 1 is 1.12 bits per heavy atom. The lowest BCUT2D eigenvalue weighted by molar-refractivity contribution is -0.115. The summed E-state index contributed by atoms with van der Waals surface area (Å²) in [6, 6.07) is 6.51. The second-order valence-corrected chi connectivity index (χ2v) is 7.41. The standard InChI is InChI=1S/C21H26N2O3/c1-25-14-7-8-15(21(11-14)26-2)13-9-19-16(20(24)10-13)12-22-17-5-3-4-6-18(17)23-19/h7-8,11-13,17-18,23H,3-6,9-10H2,1-2H3/t13-,17-,18-/m0/s1. The molecule has 0 spiro atoms. The molecule has 0 aromatic heterocycles. The average Bonchev–Trinajstić information content (AvgIpc) is 2.86. The van der Waals surface area contributed by atoms with Crippen LogP contribution in [0.5, 0.6) is 11.5 Å². The Bertz CT molecular complexity index is 769. The summed E-state index contributed by atoms with van der Waals surface area (Å²) in [7, 11) is 3.31. The number of methoxy groups -OCH3 is 2. The number of nitrogens with zero attached hydrogens (tertiary/aromatic N) is 1. The average molecular weight is 354 g/mol. The van der Waals surface area contributed by atoms with Crippen molar-refractivity contribution in [3.05, 3.63) is 35.0 Å². The van der Waals surface area contributed by atoms with Gasteiger partial charge in [0.2, 0.25) is 0 Å². The van der Waals surface area contributed by atoms with E-state index in [1.165, 1.54) is 12.8 Å². The summed E-state index contributed by atoms with van der Waals surface area (Å²) in [4.78, 5) is 17.6. The van der Waals surface area contributed by atoms with Gasteiger partial charge in [-0.15, -0.1) is 0 Å². The van der Waals surface area contributed by atoms with E-state index in [2.05, 4.69) is 5.32 Å². The fraction of sp³-hybridized carbons (Fsp3) is 0.524. The molecule has 26 heavy (non-hydrogen) atoms. The van der Waals surface area contributed by atoms with Gasteiger partial charge in [-0.05, 0) is 30.9 Å². The van der Waals surface area contributed by atoms with Crippen molar-refractivity contribution in [3.63, 3.8) is 0 Å². The van der Waals surface area contributed by atoms with Gasteiger partial charge >= 0.3 is 0 Å². The molecule has 5 nitrogen and oxygen atoms in total. The maximum absolute atomic E-state index is 12.8. The normalized spacial score (nSPS) is 27.9. The summed E-state index contributed by atoms with van der Waals surface area (Å²) in [6.45, 7) is 0. The highest BCUT2D eigenvalue weighted by atomic mass is 16.5. The molecule has 1 heterocycles. The summed E-state index contributed by atoms with van der Waals surface area (Å²) in [5.41, 5.74) is 2.90. The van der Waals surface area contributed by atoms with Gasteiger partial charge in [-0.3, -0.25) is 9.79 Å². The molecule has 1 saturated carbocycles. The third kappa shape index (κ3) is 3.11. The number of Topliss-reactive ketones (excluding diaryl/α,β-unsaturated/α-hetero) is 1. The van der Waals surface area contributed by atoms with Crippen molar-refractivity contribution in [3.8, 4) is 11.5 Å². The lowest BCUT2D eigenvalue weighted by atomic mass is 9.81. The third-order valence-electron chi connectivity index (χ3n) is 5.87. The van der Waals surface area contributed by atoms with E-state index >= 15 is 0 Å². The van der Waals surface area contributed by atoms with Gasteiger partial charge in [0.1, 0.15) is 11.5 Å². The van der Waals surface area contributed by atoms with Crippen LogP contribution in [-0.2, 0) is 4.79 Å². The SMILES string of the molecule is COc1ccc([C@@H]2CC(=O)C3=C(C2)N[C@H]2CCCC[C@@H]2N=C3)c(OC)c1. The van der Waals surface area contributed by atoms with Crippen molar-refractivity contribution in [2.75, 3.05) is 14.2 Å². The van der Waals surface area contributed by atoms with Crippen molar-refractivity contribution in [1.29, 1.82) is 0 Å². The van der Waals surface area contributed by atoms with Gasteiger partial charge in [-0.1, -0.05) is 18.9 Å². The van der Waals surface area contributed by atoms with Crippen LogP contribution in [0.15, 0.2) is 34.5 Å². The van der Waals surface area contributed by atoms with Crippen molar-refractivity contribution in [2.24, 2.45) is 4.99 Å². The molecule has 0 bridgehead atoms. The molecule has 0 saturated heterocycles. The topological polar surface area (TPSA) is 59.9 Å². The minimum Gasteiger partial charge on any atom is -0.497 e. The molecule has 4 rings (SSSR count). The Morgan fingerprint density at radius 3 is 2.77 bits per heavy atom. The zero-order valence-electron chi connectivity index (χ0n) is 15.5. The first-order valence-corrected chi connectivity index (χ1v) is 9.47. The second kappa shape index (κ2) is 7.14. The Morgan fingerprint density at radius 2 is 1.96 bits per heavy atom. The van der Waals surface area contributed by atoms with Crippen LogP contribution >= 0.6 is 0 Å². The fourth-order valence-electron chi connectivity index (χ4n) is 4.44. The van der Waals surface area contributed by atoms with E-state index in [1.54, 1.807) is 14.2 Å². The minimum atomic E-state index is 0.114. The molecule has 0 amide bonds. The van der Waals surface area contributed by atoms with Crippen LogP contribution in [0, 0.1) is 0 Å². The van der Waals surface area contributed by atoms with Crippen LogP contribution in [0.2, 0.25) is 0 Å². The monoisotopic (exact) mass is 354 g/mol. The lowest BCUT2D eigenvalue weighted by Crippen LogP contribution is -2.41. The Balaban J connectivity index is 1.63. The van der Waals surface area contributed by atoms with Crippen molar-refractivity contribution < 1.29 is 14.3 Å². The first kappa shape index (κ1) is 17.1. The number of hydrogen-bond donors (Lipinski definition) is 1. The molecule has 5 heteroatoms.